The van der Waals surface area contributed by atoms with Crippen LogP contribution in [-0.2, 0) is 20.9 Å². The Bertz CT molecular complexity index is 1530. The van der Waals surface area contributed by atoms with Gasteiger partial charge in [-0.3, -0.25) is 9.59 Å². The maximum absolute atomic E-state index is 12.9. The number of fused-ring (bicyclic) bond motifs is 1. The zero-order valence-electron chi connectivity index (χ0n) is 22.3. The van der Waals surface area contributed by atoms with Crippen molar-refractivity contribution in [3.05, 3.63) is 66.0 Å². The van der Waals surface area contributed by atoms with Crippen molar-refractivity contribution in [2.24, 2.45) is 0 Å². The zero-order valence-corrected chi connectivity index (χ0v) is 22.3. The Morgan fingerprint density at radius 3 is 2.44 bits per heavy atom. The van der Waals surface area contributed by atoms with E-state index >= 15 is 0 Å². The molecule has 2 heterocycles. The fraction of sp³-hybridized carbons (Fsp3) is 0.222. The summed E-state index contributed by atoms with van der Waals surface area (Å²) in [5.74, 6) is -0.927. The third kappa shape index (κ3) is 7.32. The highest BCUT2D eigenvalue weighted by Crippen LogP contribution is 2.19. The van der Waals surface area contributed by atoms with Crippen molar-refractivity contribution >= 4 is 58.3 Å². The number of ether oxygens (including phenoxy) is 1. The first-order valence-corrected chi connectivity index (χ1v) is 12.6. The largest absolute Gasteiger partial charge is 0.467 e. The Balaban J connectivity index is 1.36. The number of methoxy groups -OCH3 is 1. The molecule has 8 N–H and O–H groups in total. The monoisotopic (exact) mass is 558 g/mol. The van der Waals surface area contributed by atoms with Crippen LogP contribution in [0.2, 0.25) is 0 Å². The van der Waals surface area contributed by atoms with Crippen molar-refractivity contribution in [3.8, 4) is 0 Å². The second-order valence-electron chi connectivity index (χ2n) is 9.02. The second kappa shape index (κ2) is 13.0. The van der Waals surface area contributed by atoms with Crippen molar-refractivity contribution in [1.82, 2.24) is 25.3 Å². The third-order valence-corrected chi connectivity index (χ3v) is 6.12. The average Bonchev–Trinajstić information content (AvgIpc) is 2.98. The molecule has 0 aliphatic heterocycles. The summed E-state index contributed by atoms with van der Waals surface area (Å²) in [6.07, 6.45) is 3.06. The van der Waals surface area contributed by atoms with Crippen LogP contribution in [0.4, 0.5) is 28.8 Å². The fourth-order valence-corrected chi connectivity index (χ4v) is 4.00. The first-order chi connectivity index (χ1) is 19.8. The van der Waals surface area contributed by atoms with Crippen LogP contribution in [0.3, 0.4) is 0 Å². The van der Waals surface area contributed by atoms with Gasteiger partial charge in [0.1, 0.15) is 6.04 Å². The van der Waals surface area contributed by atoms with Crippen LogP contribution < -0.4 is 32.7 Å². The van der Waals surface area contributed by atoms with Gasteiger partial charge in [-0.1, -0.05) is 0 Å². The molecule has 14 nitrogen and oxygen atoms in total. The summed E-state index contributed by atoms with van der Waals surface area (Å²) < 4.78 is 4.87. The van der Waals surface area contributed by atoms with Crippen molar-refractivity contribution in [2.45, 2.75) is 25.4 Å². The van der Waals surface area contributed by atoms with Crippen molar-refractivity contribution in [1.29, 1.82) is 0 Å². The van der Waals surface area contributed by atoms with Crippen LogP contribution in [0.1, 0.15) is 28.9 Å². The Morgan fingerprint density at radius 2 is 1.76 bits per heavy atom. The molecule has 0 spiro atoms. The molecule has 0 fully saturated rings. The molecule has 0 radical (unpaired) electrons. The van der Waals surface area contributed by atoms with Gasteiger partial charge in [0.2, 0.25) is 12.4 Å². The SMILES string of the molecule is COC(=O)[C@H](CCCNc1ccc(N)cc1)NC(=O)c1ccc(N(C=O)Cc2cnc3nc(N)nc(N)c3n2)cc1. The van der Waals surface area contributed by atoms with Gasteiger partial charge in [-0.2, -0.15) is 9.97 Å². The number of amides is 2. The molecule has 4 rings (SSSR count). The highest BCUT2D eigenvalue weighted by molar-refractivity contribution is 5.97. The number of nitrogens with two attached hydrogens (primary N) is 3. The maximum Gasteiger partial charge on any atom is 0.328 e. The summed E-state index contributed by atoms with van der Waals surface area (Å²) in [6.45, 7) is 0.662. The fourth-order valence-electron chi connectivity index (χ4n) is 4.00. The number of aromatic nitrogens is 4. The predicted molar refractivity (Wildman–Crippen MR) is 154 cm³/mol. The molecule has 0 aliphatic rings. The molecule has 0 unspecified atom stereocenters. The van der Waals surface area contributed by atoms with Gasteiger partial charge in [0.15, 0.2) is 17.0 Å². The van der Waals surface area contributed by atoms with Crippen molar-refractivity contribution in [3.63, 3.8) is 0 Å². The molecule has 2 amide bonds. The number of nitrogens with zero attached hydrogens (tertiary/aromatic N) is 5. The first-order valence-electron chi connectivity index (χ1n) is 12.6. The van der Waals surface area contributed by atoms with Crippen molar-refractivity contribution in [2.75, 3.05) is 41.1 Å². The molecular formula is C27H30N10O4. The van der Waals surface area contributed by atoms with Crippen LogP contribution in [0.5, 0.6) is 0 Å². The smallest absolute Gasteiger partial charge is 0.328 e. The number of carbonyl (C=O) groups is 3. The number of benzene rings is 2. The first kappa shape index (κ1) is 28.5. The molecule has 1 atom stereocenters. The molecule has 0 bridgehead atoms. The highest BCUT2D eigenvalue weighted by atomic mass is 16.5. The molecule has 212 valence electrons. The van der Waals surface area contributed by atoms with Crippen LogP contribution >= 0.6 is 0 Å². The quantitative estimate of drug-likeness (QED) is 0.0723. The molecule has 4 aromatic rings. The Morgan fingerprint density at radius 1 is 1.02 bits per heavy atom. The van der Waals surface area contributed by atoms with E-state index in [9.17, 15) is 14.4 Å². The van der Waals surface area contributed by atoms with E-state index in [1.165, 1.54) is 18.2 Å². The third-order valence-electron chi connectivity index (χ3n) is 6.12. The Kier molecular flexibility index (Phi) is 9.04. The van der Waals surface area contributed by atoms with E-state index in [-0.39, 0.29) is 29.5 Å². The van der Waals surface area contributed by atoms with E-state index in [1.807, 2.05) is 12.1 Å². The molecular weight excluding hydrogens is 528 g/mol. The average molecular weight is 559 g/mol. The maximum atomic E-state index is 12.9. The summed E-state index contributed by atoms with van der Waals surface area (Å²) in [5, 5.41) is 5.97. The topological polar surface area (TPSA) is 217 Å². The van der Waals surface area contributed by atoms with Gasteiger partial charge < -0.3 is 37.5 Å². The van der Waals surface area contributed by atoms with E-state index in [0.29, 0.717) is 48.4 Å². The van der Waals surface area contributed by atoms with Gasteiger partial charge in [-0.25, -0.2) is 14.8 Å². The van der Waals surface area contributed by atoms with E-state index in [4.69, 9.17) is 21.9 Å². The number of nitrogen functional groups attached to an aromatic ring is 3. The van der Waals surface area contributed by atoms with Gasteiger partial charge in [-0.15, -0.1) is 0 Å². The number of hydrogen-bond donors (Lipinski definition) is 5. The number of nitrogens with one attached hydrogen (secondary N) is 2. The summed E-state index contributed by atoms with van der Waals surface area (Å²) in [7, 11) is 1.27. The van der Waals surface area contributed by atoms with Gasteiger partial charge >= 0.3 is 5.97 Å². The Labute approximate surface area is 235 Å². The molecule has 0 saturated heterocycles. The van der Waals surface area contributed by atoms with Gasteiger partial charge in [0.25, 0.3) is 5.91 Å². The number of hydrogen-bond acceptors (Lipinski definition) is 12. The highest BCUT2D eigenvalue weighted by Gasteiger charge is 2.22. The van der Waals surface area contributed by atoms with Gasteiger partial charge in [0, 0.05) is 29.2 Å². The summed E-state index contributed by atoms with van der Waals surface area (Å²) in [4.78, 5) is 54.9. The van der Waals surface area contributed by atoms with E-state index in [2.05, 4.69) is 30.6 Å². The number of rotatable bonds is 12. The molecule has 0 saturated carbocycles. The minimum atomic E-state index is -0.829. The lowest BCUT2D eigenvalue weighted by molar-refractivity contribution is -0.143. The molecule has 2 aromatic carbocycles. The minimum Gasteiger partial charge on any atom is -0.467 e. The zero-order chi connectivity index (χ0) is 29.4. The molecule has 41 heavy (non-hydrogen) atoms. The lowest BCUT2D eigenvalue weighted by Gasteiger charge is -2.19. The van der Waals surface area contributed by atoms with E-state index in [0.717, 1.165) is 5.69 Å². The standard InChI is InChI=1S/C27H30N10O4/c1-41-26(40)21(3-2-12-31-18-8-6-17(28)7-9-18)34-25(39)16-4-10-20(11-5-16)37(15-38)14-19-13-32-24-22(33-19)23(29)35-27(30)36-24/h4-11,13,15,21,31H,2-3,12,14,28H2,1H3,(H,34,39)(H4,29,30,32,35,36)/t21-/m0/s1. The lowest BCUT2D eigenvalue weighted by atomic mass is 10.1. The van der Waals surface area contributed by atoms with Crippen LogP contribution in [0.15, 0.2) is 54.7 Å². The van der Waals surface area contributed by atoms with Gasteiger partial charge in [-0.05, 0) is 61.4 Å². The van der Waals surface area contributed by atoms with Crippen LogP contribution in [0.25, 0.3) is 11.2 Å². The summed E-state index contributed by atoms with van der Waals surface area (Å²) in [6, 6.07) is 12.8. The predicted octanol–water partition coefficient (Wildman–Crippen LogP) is 1.49. The molecule has 2 aromatic heterocycles. The summed E-state index contributed by atoms with van der Waals surface area (Å²) >= 11 is 0. The van der Waals surface area contributed by atoms with E-state index in [1.54, 1.807) is 36.4 Å². The van der Waals surface area contributed by atoms with Crippen molar-refractivity contribution < 1.29 is 19.1 Å². The number of esters is 1. The van der Waals surface area contributed by atoms with E-state index < -0.39 is 17.9 Å². The number of carbonyl (C=O) groups excluding carboxylic acids is 3. The van der Waals surface area contributed by atoms with Gasteiger partial charge in [0.05, 0.1) is 25.5 Å². The normalized spacial score (nSPS) is 11.4. The lowest BCUT2D eigenvalue weighted by Crippen LogP contribution is -2.41. The van der Waals surface area contributed by atoms with Crippen LogP contribution in [-0.4, -0.2) is 57.9 Å². The second-order valence-corrected chi connectivity index (χ2v) is 9.02. The minimum absolute atomic E-state index is 0.0139. The number of anilines is 5. The van der Waals surface area contributed by atoms with Crippen LogP contribution in [0, 0.1) is 0 Å². The molecule has 0 aliphatic carbocycles. The molecule has 14 heteroatoms. The summed E-state index contributed by atoms with van der Waals surface area (Å²) in [5.41, 5.74) is 20.5. The Hall–Kier alpha value is -5.53.